The van der Waals surface area contributed by atoms with E-state index in [1.807, 2.05) is 42.5 Å². The van der Waals surface area contributed by atoms with Gasteiger partial charge >= 0.3 is 5.97 Å². The molecule has 0 bridgehead atoms. The van der Waals surface area contributed by atoms with Crippen molar-refractivity contribution in [3.8, 4) is 5.75 Å². The van der Waals surface area contributed by atoms with Gasteiger partial charge in [-0.2, -0.15) is 0 Å². The van der Waals surface area contributed by atoms with Gasteiger partial charge in [0, 0.05) is 12.7 Å². The predicted molar refractivity (Wildman–Crippen MR) is 113 cm³/mol. The maximum absolute atomic E-state index is 10.9. The minimum Gasteiger partial charge on any atom is -0.489 e. The first-order valence-electron chi connectivity index (χ1n) is 9.31. The Morgan fingerprint density at radius 1 is 0.966 bits per heavy atom. The minimum atomic E-state index is -0.986. The summed E-state index contributed by atoms with van der Waals surface area (Å²) in [7, 11) is 0. The topological polar surface area (TPSA) is 71.5 Å². The first-order valence-corrected chi connectivity index (χ1v) is 9.31. The van der Waals surface area contributed by atoms with Crippen LogP contribution in [0.15, 0.2) is 85.1 Å². The normalized spacial score (nSPS) is 10.6. The summed E-state index contributed by atoms with van der Waals surface area (Å²) in [5.41, 5.74) is 2.36. The summed E-state index contributed by atoms with van der Waals surface area (Å²) < 4.78 is 6.03. The van der Waals surface area contributed by atoms with Gasteiger partial charge in [-0.25, -0.2) is 9.78 Å². The number of rotatable bonds is 7. The Hall–Kier alpha value is -3.86. The molecule has 0 radical (unpaired) electrons. The van der Waals surface area contributed by atoms with E-state index in [1.165, 1.54) is 23.0 Å². The fourth-order valence-electron chi connectivity index (χ4n) is 3.14. The number of carboxylic acids is 1. The lowest BCUT2D eigenvalue weighted by atomic mass is 10.1. The van der Waals surface area contributed by atoms with Crippen LogP contribution in [0.1, 0.15) is 21.5 Å². The number of carboxylic acid groups (broad SMARTS) is 1. The molecular weight excluding hydrogens is 364 g/mol. The van der Waals surface area contributed by atoms with Gasteiger partial charge in [0.1, 0.15) is 18.2 Å². The lowest BCUT2D eigenvalue weighted by molar-refractivity contribution is 0.0696. The maximum Gasteiger partial charge on any atom is 0.337 e. The van der Waals surface area contributed by atoms with Crippen LogP contribution in [0.5, 0.6) is 5.75 Å². The van der Waals surface area contributed by atoms with Gasteiger partial charge in [0.25, 0.3) is 0 Å². The molecule has 2 N–H and O–H groups in total. The molecular formula is C24H20N2O3. The molecule has 1 heterocycles. The highest BCUT2D eigenvalue weighted by Crippen LogP contribution is 2.21. The van der Waals surface area contributed by atoms with Crippen molar-refractivity contribution < 1.29 is 14.6 Å². The molecule has 0 aliphatic rings. The number of nitrogens with one attached hydrogen (secondary N) is 1. The van der Waals surface area contributed by atoms with Gasteiger partial charge in [0.15, 0.2) is 0 Å². The molecule has 0 atom stereocenters. The summed E-state index contributed by atoms with van der Waals surface area (Å²) in [4.78, 5) is 15.0. The van der Waals surface area contributed by atoms with Crippen molar-refractivity contribution >= 4 is 22.6 Å². The largest absolute Gasteiger partial charge is 0.489 e. The summed E-state index contributed by atoms with van der Waals surface area (Å²) in [6, 6.07) is 25.6. The predicted octanol–water partition coefficient (Wildman–Crippen LogP) is 5.12. The van der Waals surface area contributed by atoms with Crippen molar-refractivity contribution in [1.29, 1.82) is 0 Å². The summed E-state index contributed by atoms with van der Waals surface area (Å²) in [6.07, 6.45) is 1.34. The molecule has 5 heteroatoms. The number of hydrogen-bond donors (Lipinski definition) is 2. The molecule has 0 aliphatic carbocycles. The number of fused-ring (bicyclic) bond motifs is 1. The molecule has 0 fully saturated rings. The van der Waals surface area contributed by atoms with Crippen LogP contribution in [0.25, 0.3) is 10.8 Å². The number of aromatic nitrogens is 1. The van der Waals surface area contributed by atoms with Crippen LogP contribution in [0, 0.1) is 0 Å². The SMILES string of the molecule is O=C(O)c1ccc(NCc2cccc(OCc3cccc4ccccc34)c2)nc1. The third-order valence-electron chi connectivity index (χ3n) is 4.66. The monoisotopic (exact) mass is 384 g/mol. The molecule has 4 aromatic rings. The van der Waals surface area contributed by atoms with Crippen LogP contribution in [-0.4, -0.2) is 16.1 Å². The molecule has 0 unspecified atom stereocenters. The van der Waals surface area contributed by atoms with Crippen LogP contribution in [0.3, 0.4) is 0 Å². The van der Waals surface area contributed by atoms with Crippen molar-refractivity contribution in [2.75, 3.05) is 5.32 Å². The number of aromatic carboxylic acids is 1. The Bertz CT molecular complexity index is 1130. The lowest BCUT2D eigenvalue weighted by Gasteiger charge is -2.11. The molecule has 0 spiro atoms. The highest BCUT2D eigenvalue weighted by molar-refractivity contribution is 5.87. The van der Waals surface area contributed by atoms with E-state index in [-0.39, 0.29) is 5.56 Å². The van der Waals surface area contributed by atoms with Crippen molar-refractivity contribution in [2.24, 2.45) is 0 Å². The first-order chi connectivity index (χ1) is 14.2. The Labute approximate surface area is 168 Å². The van der Waals surface area contributed by atoms with Gasteiger partial charge in [-0.15, -0.1) is 0 Å². The van der Waals surface area contributed by atoms with Crippen LogP contribution >= 0.6 is 0 Å². The minimum absolute atomic E-state index is 0.166. The second-order valence-electron chi connectivity index (χ2n) is 6.67. The van der Waals surface area contributed by atoms with E-state index in [2.05, 4.69) is 34.6 Å². The van der Waals surface area contributed by atoms with Crippen molar-refractivity contribution in [2.45, 2.75) is 13.2 Å². The molecule has 0 saturated heterocycles. The second kappa shape index (κ2) is 8.44. The zero-order valence-electron chi connectivity index (χ0n) is 15.7. The number of nitrogens with zero attached hydrogens (tertiary/aromatic N) is 1. The molecule has 5 nitrogen and oxygen atoms in total. The Morgan fingerprint density at radius 2 is 1.79 bits per heavy atom. The number of carbonyl (C=O) groups is 1. The zero-order chi connectivity index (χ0) is 20.1. The number of anilines is 1. The van der Waals surface area contributed by atoms with Gasteiger partial charge in [-0.05, 0) is 46.2 Å². The molecule has 0 saturated carbocycles. The molecule has 3 aromatic carbocycles. The van der Waals surface area contributed by atoms with Crippen molar-refractivity contribution in [3.05, 3.63) is 102 Å². The smallest absolute Gasteiger partial charge is 0.337 e. The lowest BCUT2D eigenvalue weighted by Crippen LogP contribution is -2.03. The summed E-state index contributed by atoms with van der Waals surface area (Å²) in [5, 5.41) is 14.5. The average Bonchev–Trinajstić information content (AvgIpc) is 2.77. The highest BCUT2D eigenvalue weighted by atomic mass is 16.5. The van der Waals surface area contributed by atoms with Crippen molar-refractivity contribution in [1.82, 2.24) is 4.98 Å². The number of hydrogen-bond acceptors (Lipinski definition) is 4. The van der Waals surface area contributed by atoms with Gasteiger partial charge in [0.05, 0.1) is 5.56 Å². The van der Waals surface area contributed by atoms with Crippen LogP contribution < -0.4 is 10.1 Å². The summed E-state index contributed by atoms with van der Waals surface area (Å²) in [6.45, 7) is 1.06. The van der Waals surface area contributed by atoms with Crippen LogP contribution in [-0.2, 0) is 13.2 Å². The third-order valence-corrected chi connectivity index (χ3v) is 4.66. The fraction of sp³-hybridized carbons (Fsp3) is 0.0833. The Balaban J connectivity index is 1.40. The second-order valence-corrected chi connectivity index (χ2v) is 6.67. The maximum atomic E-state index is 10.9. The Morgan fingerprint density at radius 3 is 2.62 bits per heavy atom. The number of pyridine rings is 1. The molecule has 0 amide bonds. The van der Waals surface area contributed by atoms with E-state index in [9.17, 15) is 4.79 Å². The van der Waals surface area contributed by atoms with Gasteiger partial charge < -0.3 is 15.2 Å². The zero-order valence-corrected chi connectivity index (χ0v) is 15.7. The average molecular weight is 384 g/mol. The molecule has 0 aliphatic heterocycles. The fourth-order valence-corrected chi connectivity index (χ4v) is 3.14. The van der Waals surface area contributed by atoms with Gasteiger partial charge in [0.2, 0.25) is 0 Å². The first kappa shape index (κ1) is 18.5. The van der Waals surface area contributed by atoms with Gasteiger partial charge in [-0.1, -0.05) is 54.6 Å². The van der Waals surface area contributed by atoms with Crippen molar-refractivity contribution in [3.63, 3.8) is 0 Å². The summed E-state index contributed by atoms with van der Waals surface area (Å²) in [5.74, 6) is 0.434. The van der Waals surface area contributed by atoms with E-state index in [0.717, 1.165) is 16.9 Å². The highest BCUT2D eigenvalue weighted by Gasteiger charge is 2.04. The number of benzene rings is 3. The van der Waals surface area contributed by atoms with E-state index in [1.54, 1.807) is 6.07 Å². The molecule has 4 rings (SSSR count). The van der Waals surface area contributed by atoms with Crippen LogP contribution in [0.4, 0.5) is 5.82 Å². The van der Waals surface area contributed by atoms with E-state index < -0.39 is 5.97 Å². The van der Waals surface area contributed by atoms with E-state index in [4.69, 9.17) is 9.84 Å². The standard InChI is InChI=1S/C24H20N2O3/c27-24(28)19-11-12-23(26-15-19)25-14-17-5-3-9-21(13-17)29-16-20-8-4-7-18-6-1-2-10-22(18)20/h1-13,15H,14,16H2,(H,25,26)(H,27,28). The van der Waals surface area contributed by atoms with E-state index >= 15 is 0 Å². The number of ether oxygens (including phenoxy) is 1. The van der Waals surface area contributed by atoms with Crippen LogP contribution in [0.2, 0.25) is 0 Å². The van der Waals surface area contributed by atoms with Gasteiger partial charge in [-0.3, -0.25) is 0 Å². The molecule has 29 heavy (non-hydrogen) atoms. The Kier molecular flexibility index (Phi) is 5.38. The van der Waals surface area contributed by atoms with E-state index in [0.29, 0.717) is 19.0 Å². The molecule has 144 valence electrons. The summed E-state index contributed by atoms with van der Waals surface area (Å²) >= 11 is 0. The quantitative estimate of drug-likeness (QED) is 0.462. The third kappa shape index (κ3) is 4.52. The molecule has 1 aromatic heterocycles.